The summed E-state index contributed by atoms with van der Waals surface area (Å²) in [5, 5.41) is 15.4. The molecule has 6 heteroatoms. The van der Waals surface area contributed by atoms with Gasteiger partial charge >= 0.3 is 0 Å². The lowest BCUT2D eigenvalue weighted by molar-refractivity contribution is -0.669. The standard InChI is InChI=1S/C36H44N2O2S2/c1-3-5-7-9-11-17-23-37-29-19-13-15-21-31(29)41-33(37)25-27-35(39)28(36(27)40)26-34-38(24-18-12-10-8-6-4-2)30-20-14-16-22-32(30)42-34/h13-16,19-22,25-26H,3-12,17-18,23-24H2,1-2H3. The molecular weight excluding hydrogens is 557 g/mol. The maximum atomic E-state index is 13.4. The van der Waals surface area contributed by atoms with Gasteiger partial charge in [-0.1, -0.05) is 125 Å². The molecule has 2 heterocycles. The number of para-hydroxylation sites is 2. The average molecular weight is 601 g/mol. The molecule has 0 fully saturated rings. The fourth-order valence-corrected chi connectivity index (χ4v) is 8.09. The van der Waals surface area contributed by atoms with E-state index < -0.39 is 0 Å². The molecule has 1 aliphatic carbocycles. The van der Waals surface area contributed by atoms with Crippen LogP contribution in [0.15, 0.2) is 81.4 Å². The van der Waals surface area contributed by atoms with Crippen molar-refractivity contribution in [1.82, 2.24) is 0 Å². The van der Waals surface area contributed by atoms with Crippen LogP contribution in [0.5, 0.6) is 0 Å². The first-order valence-corrected chi connectivity index (χ1v) is 17.6. The van der Waals surface area contributed by atoms with Gasteiger partial charge in [0.15, 0.2) is 12.3 Å². The molecule has 42 heavy (non-hydrogen) atoms. The zero-order chi connectivity index (χ0) is 29.3. The first-order chi connectivity index (χ1) is 20.6. The number of aryl methyl sites for hydroxylation is 1. The van der Waals surface area contributed by atoms with E-state index in [1.54, 1.807) is 23.1 Å². The molecule has 2 aliphatic rings. The van der Waals surface area contributed by atoms with E-state index >= 15 is 0 Å². The van der Waals surface area contributed by atoms with Crippen LogP contribution >= 0.6 is 23.1 Å². The molecule has 5 rings (SSSR count). The van der Waals surface area contributed by atoms with Crippen LogP contribution in [-0.2, 0) is 11.3 Å². The lowest BCUT2D eigenvalue weighted by Gasteiger charge is -2.29. The van der Waals surface area contributed by atoms with Crippen LogP contribution in [0.25, 0.3) is 16.3 Å². The highest BCUT2D eigenvalue weighted by Crippen LogP contribution is 2.47. The molecule has 1 aromatic heterocycles. The molecule has 4 nitrogen and oxygen atoms in total. The molecule has 0 spiro atoms. The third-order valence-electron chi connectivity index (χ3n) is 8.26. The SMILES string of the molecule is CCCCCCCCN1/C(=C/C2=C([O-])C(=C/c3sc4ccccc4[n+]3CCCCCCCC)/C2=O)Sc2ccccc21. The van der Waals surface area contributed by atoms with Crippen molar-refractivity contribution in [3.63, 3.8) is 0 Å². The van der Waals surface area contributed by atoms with E-state index in [0.717, 1.165) is 36.0 Å². The number of allylic oxidation sites excluding steroid dienone is 3. The summed E-state index contributed by atoms with van der Waals surface area (Å²) in [5.41, 5.74) is 2.99. The maximum Gasteiger partial charge on any atom is 0.263 e. The fourth-order valence-electron chi connectivity index (χ4n) is 5.83. The number of fused-ring (bicyclic) bond motifs is 2. The van der Waals surface area contributed by atoms with E-state index in [9.17, 15) is 9.90 Å². The number of anilines is 1. The molecule has 0 bridgehead atoms. The average Bonchev–Trinajstić information content (AvgIpc) is 3.55. The van der Waals surface area contributed by atoms with Crippen molar-refractivity contribution in [2.24, 2.45) is 0 Å². The van der Waals surface area contributed by atoms with Gasteiger partial charge in [0.1, 0.15) is 4.70 Å². The number of benzene rings is 2. The van der Waals surface area contributed by atoms with Crippen molar-refractivity contribution in [3.05, 3.63) is 81.5 Å². The molecule has 0 saturated carbocycles. The molecule has 0 amide bonds. The van der Waals surface area contributed by atoms with Crippen molar-refractivity contribution < 1.29 is 14.5 Å². The number of rotatable bonds is 16. The predicted octanol–water partition coefficient (Wildman–Crippen LogP) is 8.94. The Bertz CT molecular complexity index is 1480. The van der Waals surface area contributed by atoms with Gasteiger partial charge in [-0.2, -0.15) is 4.57 Å². The van der Waals surface area contributed by atoms with Crippen molar-refractivity contribution in [3.8, 4) is 0 Å². The molecule has 0 saturated heterocycles. The zero-order valence-electron chi connectivity index (χ0n) is 25.2. The summed E-state index contributed by atoms with van der Waals surface area (Å²) in [6, 6.07) is 16.8. The second kappa shape index (κ2) is 15.1. The Morgan fingerprint density at radius 3 is 2.24 bits per heavy atom. The smallest absolute Gasteiger partial charge is 0.263 e. The van der Waals surface area contributed by atoms with Crippen LogP contribution in [0.2, 0.25) is 0 Å². The summed E-state index contributed by atoms with van der Waals surface area (Å²) < 4.78 is 3.49. The van der Waals surface area contributed by atoms with E-state index in [0.29, 0.717) is 11.1 Å². The van der Waals surface area contributed by atoms with Gasteiger partial charge in [-0.15, -0.1) is 0 Å². The number of hydrogen-bond donors (Lipinski definition) is 0. The fraction of sp³-hybridized carbons (Fsp3) is 0.444. The Hall–Kier alpha value is -2.83. The maximum absolute atomic E-state index is 13.4. The minimum absolute atomic E-state index is 0.132. The summed E-state index contributed by atoms with van der Waals surface area (Å²) in [6.45, 7) is 6.29. The van der Waals surface area contributed by atoms with E-state index in [4.69, 9.17) is 0 Å². The summed E-state index contributed by atoms with van der Waals surface area (Å²) >= 11 is 3.33. The number of aromatic nitrogens is 1. The summed E-state index contributed by atoms with van der Waals surface area (Å²) in [6.07, 6.45) is 18.5. The Morgan fingerprint density at radius 2 is 1.48 bits per heavy atom. The van der Waals surface area contributed by atoms with E-state index in [1.165, 1.54) is 85.0 Å². The quantitative estimate of drug-likeness (QED) is 0.0936. The summed E-state index contributed by atoms with van der Waals surface area (Å²) in [7, 11) is 0. The van der Waals surface area contributed by atoms with Crippen LogP contribution in [0.3, 0.4) is 0 Å². The minimum Gasteiger partial charge on any atom is -0.871 e. The summed E-state index contributed by atoms with van der Waals surface area (Å²) in [4.78, 5) is 16.9. The first kappa shape index (κ1) is 30.6. The van der Waals surface area contributed by atoms with Crippen LogP contribution in [0.4, 0.5) is 5.69 Å². The van der Waals surface area contributed by atoms with Crippen molar-refractivity contribution in [1.29, 1.82) is 0 Å². The number of nitrogens with zero attached hydrogens (tertiary/aromatic N) is 2. The molecule has 0 unspecified atom stereocenters. The number of carbonyl (C=O) groups is 1. The van der Waals surface area contributed by atoms with Crippen LogP contribution in [-0.4, -0.2) is 12.3 Å². The van der Waals surface area contributed by atoms with Crippen LogP contribution in [0.1, 0.15) is 95.9 Å². The number of hydrogen-bond acceptors (Lipinski definition) is 5. The van der Waals surface area contributed by atoms with Gasteiger partial charge < -0.3 is 10.0 Å². The topological polar surface area (TPSA) is 47.2 Å². The largest absolute Gasteiger partial charge is 0.871 e. The number of carbonyl (C=O) groups excluding carboxylic acids is 1. The second-order valence-electron chi connectivity index (χ2n) is 11.4. The molecule has 3 aromatic rings. The Labute approximate surface area is 259 Å². The van der Waals surface area contributed by atoms with Gasteiger partial charge in [-0.05, 0) is 37.1 Å². The molecule has 1 aliphatic heterocycles. The van der Waals surface area contributed by atoms with Gasteiger partial charge in [0, 0.05) is 41.1 Å². The van der Waals surface area contributed by atoms with E-state index in [2.05, 4.69) is 71.8 Å². The third kappa shape index (κ3) is 7.03. The Morgan fingerprint density at radius 1 is 0.810 bits per heavy atom. The number of Topliss-reactive ketones (excluding diaryl/α,β-unsaturated/α-hetero) is 1. The van der Waals surface area contributed by atoms with E-state index in [1.807, 2.05) is 12.2 Å². The van der Waals surface area contributed by atoms with Gasteiger partial charge in [0.2, 0.25) is 5.52 Å². The number of thioether (sulfide) groups is 1. The van der Waals surface area contributed by atoms with Crippen molar-refractivity contribution in [2.45, 2.75) is 102 Å². The predicted molar refractivity (Wildman–Crippen MR) is 177 cm³/mol. The number of thiazole rings is 1. The molecule has 0 radical (unpaired) electrons. The van der Waals surface area contributed by atoms with Gasteiger partial charge in [-0.25, -0.2) is 0 Å². The lowest BCUT2D eigenvalue weighted by Crippen LogP contribution is -2.36. The Balaban J connectivity index is 1.34. The molecule has 0 N–H and O–H groups in total. The van der Waals surface area contributed by atoms with Gasteiger partial charge in [-0.3, -0.25) is 4.79 Å². The van der Waals surface area contributed by atoms with Crippen molar-refractivity contribution in [2.75, 3.05) is 11.4 Å². The molecular formula is C36H44N2O2S2. The van der Waals surface area contributed by atoms with Crippen LogP contribution < -0.4 is 14.6 Å². The second-order valence-corrected chi connectivity index (χ2v) is 13.6. The zero-order valence-corrected chi connectivity index (χ0v) is 26.8. The highest BCUT2D eigenvalue weighted by molar-refractivity contribution is 8.03. The van der Waals surface area contributed by atoms with E-state index in [-0.39, 0.29) is 11.5 Å². The summed E-state index contributed by atoms with van der Waals surface area (Å²) in [5.74, 6) is -0.265. The lowest BCUT2D eigenvalue weighted by atomic mass is 9.88. The minimum atomic E-state index is -0.132. The number of ketones is 1. The highest BCUT2D eigenvalue weighted by Gasteiger charge is 2.31. The normalized spacial score (nSPS) is 16.7. The van der Waals surface area contributed by atoms with Crippen molar-refractivity contribution >= 4 is 50.9 Å². The highest BCUT2D eigenvalue weighted by atomic mass is 32.2. The number of unbranched alkanes of at least 4 members (excludes halogenated alkanes) is 10. The monoisotopic (exact) mass is 600 g/mol. The third-order valence-corrected chi connectivity index (χ3v) is 10.5. The van der Waals surface area contributed by atoms with Crippen LogP contribution in [0, 0.1) is 0 Å². The van der Waals surface area contributed by atoms with Gasteiger partial charge in [0.05, 0.1) is 10.7 Å². The van der Waals surface area contributed by atoms with Gasteiger partial charge in [0.25, 0.3) is 5.01 Å². The molecule has 0 atom stereocenters. The molecule has 222 valence electrons. The first-order valence-electron chi connectivity index (χ1n) is 16.0. The Kier molecular flexibility index (Phi) is 11.0. The molecule has 2 aromatic carbocycles.